The second-order valence-electron chi connectivity index (χ2n) is 6.86. The van der Waals surface area contributed by atoms with Crippen molar-refractivity contribution in [1.82, 2.24) is 9.97 Å². The summed E-state index contributed by atoms with van der Waals surface area (Å²) in [6.07, 6.45) is 2.08. The lowest BCUT2D eigenvalue weighted by atomic mass is 10.2. The third-order valence-electron chi connectivity index (χ3n) is 4.70. The van der Waals surface area contributed by atoms with Crippen molar-refractivity contribution in [2.75, 3.05) is 29.1 Å². The van der Waals surface area contributed by atoms with Crippen LogP contribution >= 0.6 is 15.9 Å². The van der Waals surface area contributed by atoms with Crippen LogP contribution in [0.25, 0.3) is 10.9 Å². The van der Waals surface area contributed by atoms with Gasteiger partial charge in [0.2, 0.25) is 20.9 Å². The number of halogens is 1. The SMILES string of the molecule is O=C(CS(=O)(=O)c1nc(N2CCCC2)c2ccccc2n1)Nc1ccc(Br)cc1. The van der Waals surface area contributed by atoms with Gasteiger partial charge < -0.3 is 10.2 Å². The summed E-state index contributed by atoms with van der Waals surface area (Å²) >= 11 is 3.32. The molecule has 9 heteroatoms. The molecule has 2 aromatic carbocycles. The Balaban J connectivity index is 1.63. The topological polar surface area (TPSA) is 92.3 Å². The highest BCUT2D eigenvalue weighted by atomic mass is 79.9. The van der Waals surface area contributed by atoms with Gasteiger partial charge in [0.1, 0.15) is 11.6 Å². The van der Waals surface area contributed by atoms with E-state index in [0.29, 0.717) is 17.0 Å². The lowest BCUT2D eigenvalue weighted by molar-refractivity contribution is -0.113. The molecular weight excluding hydrogens is 456 g/mol. The highest BCUT2D eigenvalue weighted by molar-refractivity contribution is 9.10. The number of nitrogens with one attached hydrogen (secondary N) is 1. The lowest BCUT2D eigenvalue weighted by Crippen LogP contribution is -2.26. The molecule has 150 valence electrons. The van der Waals surface area contributed by atoms with Crippen molar-refractivity contribution in [3.8, 4) is 0 Å². The fourth-order valence-electron chi connectivity index (χ4n) is 3.32. The number of carbonyl (C=O) groups excluding carboxylic acids is 1. The number of hydrogen-bond acceptors (Lipinski definition) is 6. The maximum absolute atomic E-state index is 12.9. The van der Waals surface area contributed by atoms with Crippen LogP contribution in [0.2, 0.25) is 0 Å². The molecular formula is C20H19BrN4O3S. The van der Waals surface area contributed by atoms with Crippen LogP contribution < -0.4 is 10.2 Å². The maximum Gasteiger partial charge on any atom is 0.250 e. The van der Waals surface area contributed by atoms with Gasteiger partial charge in [-0.1, -0.05) is 28.1 Å². The highest BCUT2D eigenvalue weighted by Gasteiger charge is 2.26. The Morgan fingerprint density at radius 3 is 2.45 bits per heavy atom. The largest absolute Gasteiger partial charge is 0.356 e. The van der Waals surface area contributed by atoms with E-state index in [1.165, 1.54) is 0 Å². The summed E-state index contributed by atoms with van der Waals surface area (Å²) in [6, 6.07) is 14.2. The van der Waals surface area contributed by atoms with E-state index in [1.807, 2.05) is 12.1 Å². The third kappa shape index (κ3) is 4.40. The number of carbonyl (C=O) groups is 1. The van der Waals surface area contributed by atoms with Crippen molar-refractivity contribution < 1.29 is 13.2 Å². The van der Waals surface area contributed by atoms with Gasteiger partial charge in [-0.2, -0.15) is 0 Å². The van der Waals surface area contributed by atoms with E-state index in [9.17, 15) is 13.2 Å². The first-order chi connectivity index (χ1) is 13.9. The quantitative estimate of drug-likeness (QED) is 0.569. The molecule has 0 atom stereocenters. The van der Waals surface area contributed by atoms with Crippen molar-refractivity contribution in [3.05, 3.63) is 53.0 Å². The van der Waals surface area contributed by atoms with Gasteiger partial charge >= 0.3 is 0 Å². The van der Waals surface area contributed by atoms with Crippen LogP contribution in [0, 0.1) is 0 Å². The van der Waals surface area contributed by atoms with Gasteiger partial charge in [-0.25, -0.2) is 18.4 Å². The van der Waals surface area contributed by atoms with Gasteiger partial charge in [0.05, 0.1) is 5.52 Å². The molecule has 1 aliphatic rings. The molecule has 1 aliphatic heterocycles. The number of aromatic nitrogens is 2. The average Bonchev–Trinajstić information content (AvgIpc) is 3.23. The molecule has 3 aromatic rings. The minimum Gasteiger partial charge on any atom is -0.356 e. The summed E-state index contributed by atoms with van der Waals surface area (Å²) in [5.74, 6) is -0.743. The molecule has 0 aliphatic carbocycles. The smallest absolute Gasteiger partial charge is 0.250 e. The zero-order valence-electron chi connectivity index (χ0n) is 15.5. The van der Waals surface area contributed by atoms with Gasteiger partial charge in [0.15, 0.2) is 0 Å². The summed E-state index contributed by atoms with van der Waals surface area (Å²) in [5, 5.41) is 3.09. The van der Waals surface area contributed by atoms with Crippen molar-refractivity contribution in [1.29, 1.82) is 0 Å². The number of nitrogens with zero attached hydrogens (tertiary/aromatic N) is 3. The van der Waals surface area contributed by atoms with Crippen molar-refractivity contribution in [3.63, 3.8) is 0 Å². The van der Waals surface area contributed by atoms with Gasteiger partial charge in [-0.15, -0.1) is 0 Å². The molecule has 29 heavy (non-hydrogen) atoms. The Morgan fingerprint density at radius 1 is 1.03 bits per heavy atom. The number of sulfone groups is 1. The Kier molecular flexibility index (Phi) is 5.51. The summed E-state index contributed by atoms with van der Waals surface area (Å²) in [6.45, 7) is 1.65. The van der Waals surface area contributed by atoms with Crippen LogP contribution in [-0.4, -0.2) is 43.1 Å². The number of fused-ring (bicyclic) bond motifs is 1. The predicted molar refractivity (Wildman–Crippen MR) is 116 cm³/mol. The van der Waals surface area contributed by atoms with Crippen LogP contribution in [0.1, 0.15) is 12.8 Å². The van der Waals surface area contributed by atoms with Crippen LogP contribution in [0.3, 0.4) is 0 Å². The first-order valence-corrected chi connectivity index (χ1v) is 11.7. The van der Waals surface area contributed by atoms with E-state index < -0.39 is 21.5 Å². The summed E-state index contributed by atoms with van der Waals surface area (Å²) in [5.41, 5.74) is 1.07. The Bertz CT molecular complexity index is 1160. The number of amides is 1. The van der Waals surface area contributed by atoms with Gasteiger partial charge in [0.25, 0.3) is 0 Å². The number of anilines is 2. The minimum atomic E-state index is -4.00. The molecule has 2 heterocycles. The monoisotopic (exact) mass is 474 g/mol. The van der Waals surface area contributed by atoms with E-state index >= 15 is 0 Å². The van der Waals surface area contributed by atoms with E-state index in [4.69, 9.17) is 0 Å². The molecule has 1 saturated heterocycles. The number of benzene rings is 2. The molecule has 0 unspecified atom stereocenters. The van der Waals surface area contributed by atoms with E-state index in [0.717, 1.165) is 35.8 Å². The van der Waals surface area contributed by atoms with Crippen LogP contribution in [0.15, 0.2) is 58.2 Å². The molecule has 0 bridgehead atoms. The molecule has 7 nitrogen and oxygen atoms in total. The van der Waals surface area contributed by atoms with Crippen LogP contribution in [0.4, 0.5) is 11.5 Å². The molecule has 1 N–H and O–H groups in total. The standard InChI is InChI=1S/C20H19BrN4O3S/c21-14-7-9-15(10-8-14)22-18(26)13-29(27,28)20-23-17-6-2-1-5-16(17)19(24-20)25-11-3-4-12-25/h1-2,5-10H,3-4,11-13H2,(H,22,26). The van der Waals surface area contributed by atoms with Crippen molar-refractivity contribution >= 4 is 54.1 Å². The predicted octanol–water partition coefficient (Wildman–Crippen LogP) is 3.40. The first-order valence-electron chi connectivity index (χ1n) is 9.22. The number of para-hydroxylation sites is 1. The van der Waals surface area contributed by atoms with Gasteiger partial charge in [0, 0.05) is 28.6 Å². The molecule has 0 spiro atoms. The Morgan fingerprint density at radius 2 is 1.72 bits per heavy atom. The number of rotatable bonds is 5. The second-order valence-corrected chi connectivity index (χ2v) is 9.65. The Labute approximate surface area is 177 Å². The van der Waals surface area contributed by atoms with E-state index in [1.54, 1.807) is 36.4 Å². The number of hydrogen-bond donors (Lipinski definition) is 1. The third-order valence-corrected chi connectivity index (χ3v) is 6.61. The highest BCUT2D eigenvalue weighted by Crippen LogP contribution is 2.28. The average molecular weight is 475 g/mol. The second kappa shape index (κ2) is 8.08. The molecule has 1 amide bonds. The van der Waals surface area contributed by atoms with Crippen LogP contribution in [0.5, 0.6) is 0 Å². The maximum atomic E-state index is 12.9. The van der Waals surface area contributed by atoms with Crippen LogP contribution in [-0.2, 0) is 14.6 Å². The summed E-state index contributed by atoms with van der Waals surface area (Å²) in [7, 11) is -4.00. The van der Waals surface area contributed by atoms with E-state index in [2.05, 4.69) is 36.1 Å². The van der Waals surface area contributed by atoms with Crippen molar-refractivity contribution in [2.24, 2.45) is 0 Å². The molecule has 1 fully saturated rings. The fraction of sp³-hybridized carbons (Fsp3) is 0.250. The zero-order valence-corrected chi connectivity index (χ0v) is 17.9. The minimum absolute atomic E-state index is 0.316. The molecule has 0 radical (unpaired) electrons. The molecule has 4 rings (SSSR count). The summed E-state index contributed by atoms with van der Waals surface area (Å²) in [4.78, 5) is 23.0. The molecule has 0 saturated carbocycles. The fourth-order valence-corrected chi connectivity index (χ4v) is 4.59. The normalized spacial score (nSPS) is 14.3. The van der Waals surface area contributed by atoms with Gasteiger partial charge in [-0.05, 0) is 49.2 Å². The molecule has 1 aromatic heterocycles. The van der Waals surface area contributed by atoms with Gasteiger partial charge in [-0.3, -0.25) is 4.79 Å². The lowest BCUT2D eigenvalue weighted by Gasteiger charge is -2.19. The Hall–Kier alpha value is -2.52. The zero-order chi connectivity index (χ0) is 20.4. The summed E-state index contributed by atoms with van der Waals surface area (Å²) < 4.78 is 26.6. The first kappa shape index (κ1) is 19.8. The van der Waals surface area contributed by atoms with E-state index in [-0.39, 0.29) is 5.16 Å². The van der Waals surface area contributed by atoms with Crippen molar-refractivity contribution in [2.45, 2.75) is 18.0 Å².